The van der Waals surface area contributed by atoms with E-state index in [1.807, 2.05) is 30.3 Å². The quantitative estimate of drug-likeness (QED) is 0.733. The number of hydrogen-bond donors (Lipinski definition) is 1. The SMILES string of the molecule is NC(=O)CCN(Cc1ccccc1)C(=O)c1cc2cc(Cl)ccc2o1. The second-order valence-electron chi connectivity index (χ2n) is 5.72. The smallest absolute Gasteiger partial charge is 0.289 e. The van der Waals surface area contributed by atoms with Gasteiger partial charge in [-0.3, -0.25) is 9.59 Å². The van der Waals surface area contributed by atoms with E-state index in [1.54, 1.807) is 29.2 Å². The highest BCUT2D eigenvalue weighted by Gasteiger charge is 2.21. The van der Waals surface area contributed by atoms with Crippen molar-refractivity contribution in [3.05, 3.63) is 70.9 Å². The molecule has 0 radical (unpaired) electrons. The third-order valence-corrected chi connectivity index (χ3v) is 4.06. The number of amides is 2. The van der Waals surface area contributed by atoms with Crippen LogP contribution < -0.4 is 5.73 Å². The summed E-state index contributed by atoms with van der Waals surface area (Å²) in [4.78, 5) is 25.6. The van der Waals surface area contributed by atoms with Gasteiger partial charge in [-0.1, -0.05) is 41.9 Å². The summed E-state index contributed by atoms with van der Waals surface area (Å²) in [5, 5.41) is 1.33. The number of rotatable bonds is 6. The average Bonchev–Trinajstić information content (AvgIpc) is 3.01. The number of hydrogen-bond acceptors (Lipinski definition) is 3. The van der Waals surface area contributed by atoms with Crippen LogP contribution in [0.5, 0.6) is 0 Å². The Hall–Kier alpha value is -2.79. The van der Waals surface area contributed by atoms with Crippen molar-refractivity contribution in [2.45, 2.75) is 13.0 Å². The van der Waals surface area contributed by atoms with Gasteiger partial charge in [-0.05, 0) is 29.8 Å². The van der Waals surface area contributed by atoms with Gasteiger partial charge < -0.3 is 15.1 Å². The van der Waals surface area contributed by atoms with E-state index in [0.29, 0.717) is 17.2 Å². The van der Waals surface area contributed by atoms with Crippen molar-refractivity contribution in [3.8, 4) is 0 Å². The van der Waals surface area contributed by atoms with Gasteiger partial charge in [-0.15, -0.1) is 0 Å². The summed E-state index contributed by atoms with van der Waals surface area (Å²) in [6, 6.07) is 16.4. The molecular formula is C19H17ClN2O3. The summed E-state index contributed by atoms with van der Waals surface area (Å²) in [6.45, 7) is 0.589. The van der Waals surface area contributed by atoms with Crippen LogP contribution in [0.3, 0.4) is 0 Å². The zero-order valence-electron chi connectivity index (χ0n) is 13.4. The van der Waals surface area contributed by atoms with Crippen LogP contribution in [0.25, 0.3) is 11.0 Å². The van der Waals surface area contributed by atoms with E-state index in [9.17, 15) is 9.59 Å². The van der Waals surface area contributed by atoms with Gasteiger partial charge in [-0.2, -0.15) is 0 Å². The molecule has 2 N–H and O–H groups in total. The van der Waals surface area contributed by atoms with Gasteiger partial charge >= 0.3 is 0 Å². The summed E-state index contributed by atoms with van der Waals surface area (Å²) in [6.07, 6.45) is 0.0879. The highest BCUT2D eigenvalue weighted by Crippen LogP contribution is 2.24. The van der Waals surface area contributed by atoms with Crippen molar-refractivity contribution in [3.63, 3.8) is 0 Å². The largest absolute Gasteiger partial charge is 0.451 e. The number of carbonyl (C=O) groups is 2. The monoisotopic (exact) mass is 356 g/mol. The molecule has 6 heteroatoms. The molecule has 0 aliphatic rings. The molecule has 128 valence electrons. The molecule has 0 unspecified atom stereocenters. The maximum absolute atomic E-state index is 12.9. The Morgan fingerprint density at radius 3 is 2.56 bits per heavy atom. The van der Waals surface area contributed by atoms with Crippen LogP contribution in [0.1, 0.15) is 22.5 Å². The first kappa shape index (κ1) is 17.0. The highest BCUT2D eigenvalue weighted by atomic mass is 35.5. The zero-order chi connectivity index (χ0) is 17.8. The van der Waals surface area contributed by atoms with Gasteiger partial charge in [0.05, 0.1) is 0 Å². The molecule has 0 spiro atoms. The third-order valence-electron chi connectivity index (χ3n) is 3.82. The van der Waals surface area contributed by atoms with Gasteiger partial charge in [0.25, 0.3) is 5.91 Å². The number of nitrogens with zero attached hydrogens (tertiary/aromatic N) is 1. The number of halogens is 1. The van der Waals surface area contributed by atoms with Gasteiger partial charge in [0.2, 0.25) is 5.91 Å². The van der Waals surface area contributed by atoms with Gasteiger partial charge in [0, 0.05) is 29.9 Å². The summed E-state index contributed by atoms with van der Waals surface area (Å²) in [5.74, 6) is -0.544. The molecule has 2 aromatic carbocycles. The van der Waals surface area contributed by atoms with Crippen LogP contribution in [0.4, 0.5) is 0 Å². The molecule has 1 aromatic heterocycles. The molecule has 5 nitrogen and oxygen atoms in total. The minimum absolute atomic E-state index is 0.0879. The lowest BCUT2D eigenvalue weighted by Crippen LogP contribution is -2.33. The van der Waals surface area contributed by atoms with Crippen molar-refractivity contribution in [2.75, 3.05) is 6.54 Å². The van der Waals surface area contributed by atoms with Crippen molar-refractivity contribution >= 4 is 34.4 Å². The molecule has 0 saturated heterocycles. The first-order chi connectivity index (χ1) is 12.0. The molecule has 1 heterocycles. The average molecular weight is 357 g/mol. The molecule has 25 heavy (non-hydrogen) atoms. The lowest BCUT2D eigenvalue weighted by atomic mass is 10.2. The van der Waals surface area contributed by atoms with E-state index in [2.05, 4.69) is 0 Å². The molecule has 0 aliphatic carbocycles. The molecule has 0 atom stereocenters. The third kappa shape index (κ3) is 4.19. The second kappa shape index (κ2) is 7.40. The van der Waals surface area contributed by atoms with Gasteiger partial charge in [0.1, 0.15) is 5.58 Å². The van der Waals surface area contributed by atoms with E-state index in [4.69, 9.17) is 21.8 Å². The van der Waals surface area contributed by atoms with Gasteiger partial charge in [0.15, 0.2) is 5.76 Å². The van der Waals surface area contributed by atoms with Crippen LogP contribution >= 0.6 is 11.6 Å². The molecule has 0 fully saturated rings. The lowest BCUT2D eigenvalue weighted by Gasteiger charge is -2.21. The Bertz CT molecular complexity index is 905. The van der Waals surface area contributed by atoms with Crippen molar-refractivity contribution < 1.29 is 14.0 Å². The highest BCUT2D eigenvalue weighted by molar-refractivity contribution is 6.31. The molecular weight excluding hydrogens is 340 g/mol. The van der Waals surface area contributed by atoms with Crippen LogP contribution in [0.2, 0.25) is 5.02 Å². The fraction of sp³-hybridized carbons (Fsp3) is 0.158. The fourth-order valence-electron chi connectivity index (χ4n) is 2.58. The Morgan fingerprint density at radius 1 is 1.08 bits per heavy atom. The van der Waals surface area contributed by atoms with Crippen molar-refractivity contribution in [1.29, 1.82) is 0 Å². The minimum atomic E-state index is -0.456. The summed E-state index contributed by atoms with van der Waals surface area (Å²) >= 11 is 5.97. The topological polar surface area (TPSA) is 76.5 Å². The number of benzene rings is 2. The molecule has 3 aromatic rings. The standard InChI is InChI=1S/C19H17ClN2O3/c20-15-6-7-16-14(10-15)11-17(25-16)19(24)22(9-8-18(21)23)12-13-4-2-1-3-5-13/h1-7,10-11H,8-9,12H2,(H2,21,23). The normalized spacial score (nSPS) is 10.8. The second-order valence-corrected chi connectivity index (χ2v) is 6.16. The molecule has 0 saturated carbocycles. The zero-order valence-corrected chi connectivity index (χ0v) is 14.2. The van der Waals surface area contributed by atoms with Crippen LogP contribution in [0, 0.1) is 0 Å². The summed E-state index contributed by atoms with van der Waals surface area (Å²) < 4.78 is 5.64. The van der Waals surface area contributed by atoms with E-state index in [-0.39, 0.29) is 24.6 Å². The lowest BCUT2D eigenvalue weighted by molar-refractivity contribution is -0.118. The van der Waals surface area contributed by atoms with E-state index < -0.39 is 5.91 Å². The van der Waals surface area contributed by atoms with Crippen LogP contribution in [0.15, 0.2) is 59.0 Å². The maximum atomic E-state index is 12.9. The number of furan rings is 1. The Balaban J connectivity index is 1.87. The summed E-state index contributed by atoms with van der Waals surface area (Å²) in [7, 11) is 0. The van der Waals surface area contributed by atoms with Crippen LogP contribution in [-0.4, -0.2) is 23.3 Å². The molecule has 0 bridgehead atoms. The Kier molecular flexibility index (Phi) is 5.05. The first-order valence-corrected chi connectivity index (χ1v) is 8.21. The molecule has 0 aliphatic heterocycles. The fourth-order valence-corrected chi connectivity index (χ4v) is 2.76. The van der Waals surface area contributed by atoms with Gasteiger partial charge in [-0.25, -0.2) is 0 Å². The van der Waals surface area contributed by atoms with Crippen molar-refractivity contribution in [1.82, 2.24) is 4.90 Å². The maximum Gasteiger partial charge on any atom is 0.289 e. The predicted molar refractivity (Wildman–Crippen MR) is 96.2 cm³/mol. The number of primary amides is 1. The summed E-state index contributed by atoms with van der Waals surface area (Å²) in [5.41, 5.74) is 6.78. The van der Waals surface area contributed by atoms with E-state index >= 15 is 0 Å². The predicted octanol–water partition coefficient (Wildman–Crippen LogP) is 3.60. The number of fused-ring (bicyclic) bond motifs is 1. The number of nitrogens with two attached hydrogens (primary N) is 1. The Labute approximate surface area is 150 Å². The van der Waals surface area contributed by atoms with Crippen LogP contribution in [-0.2, 0) is 11.3 Å². The number of carbonyl (C=O) groups excluding carboxylic acids is 2. The van der Waals surface area contributed by atoms with Crippen molar-refractivity contribution in [2.24, 2.45) is 5.73 Å². The van der Waals surface area contributed by atoms with E-state index in [1.165, 1.54) is 0 Å². The van der Waals surface area contributed by atoms with E-state index in [0.717, 1.165) is 10.9 Å². The molecule has 3 rings (SSSR count). The first-order valence-electron chi connectivity index (χ1n) is 7.83. The molecule has 2 amide bonds. The Morgan fingerprint density at radius 2 is 1.84 bits per heavy atom. The minimum Gasteiger partial charge on any atom is -0.451 e.